The van der Waals surface area contributed by atoms with Crippen molar-refractivity contribution < 1.29 is 4.79 Å². The number of ketones is 1. The van der Waals surface area contributed by atoms with Crippen LogP contribution in [0.2, 0.25) is 0 Å². The zero-order chi connectivity index (χ0) is 13.0. The highest BCUT2D eigenvalue weighted by molar-refractivity contribution is 9.10. The molecule has 0 saturated carbocycles. The summed E-state index contributed by atoms with van der Waals surface area (Å²) >= 11 is 3.37. The van der Waals surface area contributed by atoms with Crippen LogP contribution in [-0.4, -0.2) is 5.78 Å². The maximum absolute atomic E-state index is 12.4. The van der Waals surface area contributed by atoms with Gasteiger partial charge in [-0.2, -0.15) is 0 Å². The van der Waals surface area contributed by atoms with Crippen LogP contribution in [0.3, 0.4) is 0 Å². The monoisotopic (exact) mass is 307 g/mol. The molecule has 0 spiro atoms. The van der Waals surface area contributed by atoms with Crippen LogP contribution in [0.4, 0.5) is 5.69 Å². The number of nitrogen functional groups attached to an aromatic ring is 1. The van der Waals surface area contributed by atoms with Gasteiger partial charge in [0, 0.05) is 15.7 Å². The number of benzene rings is 1. The first-order valence-corrected chi connectivity index (χ1v) is 7.26. The molecule has 2 nitrogen and oxygen atoms in total. The molecule has 1 aliphatic carbocycles. The second-order valence-corrected chi connectivity index (χ2v) is 5.60. The first-order valence-electron chi connectivity index (χ1n) is 6.47. The third-order valence-electron chi connectivity index (χ3n) is 3.35. The van der Waals surface area contributed by atoms with Crippen LogP contribution in [0.1, 0.15) is 48.9 Å². The molecule has 0 unspecified atom stereocenters. The summed E-state index contributed by atoms with van der Waals surface area (Å²) in [6, 6.07) is 5.40. The highest BCUT2D eigenvalue weighted by atomic mass is 79.9. The Morgan fingerprint density at radius 3 is 2.72 bits per heavy atom. The average molecular weight is 308 g/mol. The van der Waals surface area contributed by atoms with Gasteiger partial charge in [0.2, 0.25) is 0 Å². The van der Waals surface area contributed by atoms with Gasteiger partial charge in [-0.3, -0.25) is 4.79 Å². The number of hydrogen-bond donors (Lipinski definition) is 1. The predicted octanol–water partition coefficient (Wildman–Crippen LogP) is 4.49. The Bertz CT molecular complexity index is 479. The van der Waals surface area contributed by atoms with Gasteiger partial charge in [-0.05, 0) is 65.4 Å². The summed E-state index contributed by atoms with van der Waals surface area (Å²) in [5.41, 5.74) is 8.09. The smallest absolute Gasteiger partial charge is 0.188 e. The van der Waals surface area contributed by atoms with Crippen LogP contribution in [-0.2, 0) is 0 Å². The molecule has 3 heteroatoms. The highest BCUT2D eigenvalue weighted by Crippen LogP contribution is 2.25. The molecule has 2 rings (SSSR count). The zero-order valence-corrected chi connectivity index (χ0v) is 12.0. The standard InChI is InChI=1S/C15H18BrNO/c16-13-10-12(8-9-14(13)17)15(18)11-6-4-2-1-3-5-7-11/h6,8-10H,1-5,7,17H2/b11-6+. The molecule has 0 atom stereocenters. The Hall–Kier alpha value is -1.09. The summed E-state index contributed by atoms with van der Waals surface area (Å²) in [6.07, 6.45) is 8.88. The molecule has 18 heavy (non-hydrogen) atoms. The van der Waals surface area contributed by atoms with E-state index >= 15 is 0 Å². The summed E-state index contributed by atoms with van der Waals surface area (Å²) < 4.78 is 0.791. The lowest BCUT2D eigenvalue weighted by atomic mass is 9.94. The predicted molar refractivity (Wildman–Crippen MR) is 78.7 cm³/mol. The number of nitrogens with two attached hydrogens (primary N) is 1. The van der Waals surface area contributed by atoms with Crippen molar-refractivity contribution in [2.45, 2.75) is 38.5 Å². The molecule has 1 aromatic rings. The quantitative estimate of drug-likeness (QED) is 0.646. The molecule has 1 aromatic carbocycles. The number of carbonyl (C=O) groups is 1. The molecular formula is C15H18BrNO. The van der Waals surface area contributed by atoms with E-state index in [1.807, 2.05) is 12.1 Å². The molecule has 0 bridgehead atoms. The largest absolute Gasteiger partial charge is 0.398 e. The number of rotatable bonds is 2. The summed E-state index contributed by atoms with van der Waals surface area (Å²) in [7, 11) is 0. The summed E-state index contributed by atoms with van der Waals surface area (Å²) in [6.45, 7) is 0. The maximum Gasteiger partial charge on any atom is 0.188 e. The van der Waals surface area contributed by atoms with Crippen molar-refractivity contribution in [3.8, 4) is 0 Å². The van der Waals surface area contributed by atoms with Gasteiger partial charge < -0.3 is 5.73 Å². The first kappa shape index (κ1) is 13.3. The minimum atomic E-state index is 0.151. The molecule has 0 amide bonds. The Morgan fingerprint density at radius 1 is 1.17 bits per heavy atom. The zero-order valence-electron chi connectivity index (χ0n) is 10.4. The van der Waals surface area contributed by atoms with Gasteiger partial charge in [-0.15, -0.1) is 0 Å². The van der Waals surface area contributed by atoms with Gasteiger partial charge in [0.05, 0.1) is 0 Å². The highest BCUT2D eigenvalue weighted by Gasteiger charge is 2.14. The fraction of sp³-hybridized carbons (Fsp3) is 0.400. The van der Waals surface area contributed by atoms with Gasteiger partial charge in [0.25, 0.3) is 0 Å². The number of anilines is 1. The van der Waals surface area contributed by atoms with Crippen molar-refractivity contribution in [1.29, 1.82) is 0 Å². The topological polar surface area (TPSA) is 43.1 Å². The Labute approximate surface area is 116 Å². The lowest BCUT2D eigenvalue weighted by molar-refractivity contribution is 0.102. The van der Waals surface area contributed by atoms with Gasteiger partial charge >= 0.3 is 0 Å². The van der Waals surface area contributed by atoms with E-state index in [0.29, 0.717) is 5.69 Å². The van der Waals surface area contributed by atoms with Crippen molar-refractivity contribution in [3.05, 3.63) is 39.9 Å². The molecule has 0 fully saturated rings. The number of carbonyl (C=O) groups excluding carboxylic acids is 1. The lowest BCUT2D eigenvalue weighted by Gasteiger charge is -2.11. The molecular weight excluding hydrogens is 290 g/mol. The number of halogens is 1. The molecule has 0 radical (unpaired) electrons. The van der Waals surface area contributed by atoms with Crippen LogP contribution in [0.5, 0.6) is 0 Å². The van der Waals surface area contributed by atoms with Crippen LogP contribution in [0.15, 0.2) is 34.3 Å². The fourth-order valence-corrected chi connectivity index (χ4v) is 2.63. The van der Waals surface area contributed by atoms with Crippen molar-refractivity contribution in [2.75, 3.05) is 5.73 Å². The van der Waals surface area contributed by atoms with E-state index in [0.717, 1.165) is 34.9 Å². The average Bonchev–Trinajstić information content (AvgIpc) is 2.31. The summed E-state index contributed by atoms with van der Waals surface area (Å²) in [4.78, 5) is 12.4. The molecule has 0 aromatic heterocycles. The Morgan fingerprint density at radius 2 is 1.94 bits per heavy atom. The maximum atomic E-state index is 12.4. The van der Waals surface area contributed by atoms with Crippen molar-refractivity contribution in [3.63, 3.8) is 0 Å². The van der Waals surface area contributed by atoms with Crippen LogP contribution >= 0.6 is 15.9 Å². The minimum Gasteiger partial charge on any atom is -0.398 e. The van der Waals surface area contributed by atoms with Crippen molar-refractivity contribution in [2.24, 2.45) is 0 Å². The normalized spacial score (nSPS) is 19.5. The van der Waals surface area contributed by atoms with Gasteiger partial charge in [-0.1, -0.05) is 18.9 Å². The first-order chi connectivity index (χ1) is 8.68. The van der Waals surface area contributed by atoms with Crippen molar-refractivity contribution >= 4 is 27.4 Å². The third kappa shape index (κ3) is 3.22. The minimum absolute atomic E-state index is 0.151. The second kappa shape index (κ2) is 6.19. The second-order valence-electron chi connectivity index (χ2n) is 4.75. The number of allylic oxidation sites excluding steroid dienone is 2. The van der Waals surface area contributed by atoms with E-state index in [2.05, 4.69) is 22.0 Å². The van der Waals surface area contributed by atoms with Crippen molar-refractivity contribution in [1.82, 2.24) is 0 Å². The molecule has 0 saturated heterocycles. The van der Waals surface area contributed by atoms with E-state index < -0.39 is 0 Å². The van der Waals surface area contributed by atoms with E-state index in [4.69, 9.17) is 5.73 Å². The molecule has 1 aliphatic rings. The van der Waals surface area contributed by atoms with Gasteiger partial charge in [0.1, 0.15) is 0 Å². The van der Waals surface area contributed by atoms with Gasteiger partial charge in [-0.25, -0.2) is 0 Å². The number of Topliss-reactive ketones (excluding diaryl/α,β-unsaturated/α-hetero) is 1. The van der Waals surface area contributed by atoms with Gasteiger partial charge in [0.15, 0.2) is 5.78 Å². The van der Waals surface area contributed by atoms with Crippen LogP contribution < -0.4 is 5.73 Å². The molecule has 2 N–H and O–H groups in total. The Kier molecular flexibility index (Phi) is 4.59. The van der Waals surface area contributed by atoms with E-state index in [-0.39, 0.29) is 5.78 Å². The van der Waals surface area contributed by atoms with Crippen LogP contribution in [0.25, 0.3) is 0 Å². The van der Waals surface area contributed by atoms with E-state index in [9.17, 15) is 4.79 Å². The molecule has 0 aliphatic heterocycles. The third-order valence-corrected chi connectivity index (χ3v) is 4.03. The SMILES string of the molecule is Nc1ccc(C(=O)/C2=C/CCCCCC2)cc1Br. The Balaban J connectivity index is 2.21. The summed E-state index contributed by atoms with van der Waals surface area (Å²) in [5.74, 6) is 0.151. The van der Waals surface area contributed by atoms with E-state index in [1.54, 1.807) is 6.07 Å². The molecule has 0 heterocycles. The lowest BCUT2D eigenvalue weighted by Crippen LogP contribution is -2.05. The van der Waals surface area contributed by atoms with Crippen LogP contribution in [0, 0.1) is 0 Å². The fourth-order valence-electron chi connectivity index (χ4n) is 2.25. The molecule has 96 valence electrons. The van der Waals surface area contributed by atoms with E-state index in [1.165, 1.54) is 19.3 Å². The number of hydrogen-bond acceptors (Lipinski definition) is 2. The summed E-state index contributed by atoms with van der Waals surface area (Å²) in [5, 5.41) is 0.